The molecule has 1 aliphatic heterocycles. The van der Waals surface area contributed by atoms with E-state index in [1.807, 2.05) is 91.9 Å². The SMILES string of the molecule is CCOc1ccc(Cc2cc(C3CC(OCc4ccccc4)[C@H](OCc4ccccc4)C(CO)O3)ccc2Cl)cc1. The van der Waals surface area contributed by atoms with Crippen LogP contribution in [0.15, 0.2) is 103 Å². The van der Waals surface area contributed by atoms with Crippen LogP contribution in [0.25, 0.3) is 0 Å². The van der Waals surface area contributed by atoms with E-state index in [1.165, 1.54) is 0 Å². The molecule has 5 rings (SSSR count). The molecule has 1 heterocycles. The third-order valence-corrected chi connectivity index (χ3v) is 7.73. The highest BCUT2D eigenvalue weighted by Gasteiger charge is 2.40. The minimum Gasteiger partial charge on any atom is -0.494 e. The van der Waals surface area contributed by atoms with Crippen LogP contribution in [-0.4, -0.2) is 36.6 Å². The summed E-state index contributed by atoms with van der Waals surface area (Å²) in [5.74, 6) is 0.854. The predicted molar refractivity (Wildman–Crippen MR) is 161 cm³/mol. The quantitative estimate of drug-likeness (QED) is 0.193. The molecule has 1 N–H and O–H groups in total. The monoisotopic (exact) mass is 572 g/mol. The molecule has 1 aliphatic rings. The topological polar surface area (TPSA) is 57.2 Å². The molecule has 4 aromatic carbocycles. The number of aliphatic hydroxyl groups excluding tert-OH is 1. The van der Waals surface area contributed by atoms with Crippen LogP contribution >= 0.6 is 11.6 Å². The maximum Gasteiger partial charge on any atom is 0.119 e. The lowest BCUT2D eigenvalue weighted by Crippen LogP contribution is -2.50. The van der Waals surface area contributed by atoms with E-state index in [1.54, 1.807) is 0 Å². The Labute approximate surface area is 247 Å². The van der Waals surface area contributed by atoms with Gasteiger partial charge in [0.25, 0.3) is 0 Å². The third kappa shape index (κ3) is 7.97. The van der Waals surface area contributed by atoms with Crippen molar-refractivity contribution in [2.24, 2.45) is 0 Å². The second-order valence-corrected chi connectivity index (χ2v) is 10.7. The van der Waals surface area contributed by atoms with Gasteiger partial charge in [0.15, 0.2) is 0 Å². The van der Waals surface area contributed by atoms with Crippen molar-refractivity contribution in [1.29, 1.82) is 0 Å². The van der Waals surface area contributed by atoms with E-state index >= 15 is 0 Å². The molecule has 6 heteroatoms. The number of rotatable bonds is 12. The van der Waals surface area contributed by atoms with Crippen molar-refractivity contribution in [1.82, 2.24) is 0 Å². The second-order valence-electron chi connectivity index (χ2n) is 10.3. The molecule has 5 nitrogen and oxygen atoms in total. The molecule has 214 valence electrons. The van der Waals surface area contributed by atoms with Gasteiger partial charge in [-0.05, 0) is 59.4 Å². The second kappa shape index (κ2) is 14.6. The van der Waals surface area contributed by atoms with Crippen molar-refractivity contribution >= 4 is 11.6 Å². The molecule has 41 heavy (non-hydrogen) atoms. The average Bonchev–Trinajstić information content (AvgIpc) is 3.02. The smallest absolute Gasteiger partial charge is 0.119 e. The third-order valence-electron chi connectivity index (χ3n) is 7.36. The van der Waals surface area contributed by atoms with Gasteiger partial charge in [0.1, 0.15) is 18.0 Å². The fourth-order valence-corrected chi connectivity index (χ4v) is 5.42. The minimum atomic E-state index is -0.538. The van der Waals surface area contributed by atoms with Crippen LogP contribution in [0, 0.1) is 0 Å². The van der Waals surface area contributed by atoms with Crippen LogP contribution in [-0.2, 0) is 33.8 Å². The highest BCUT2D eigenvalue weighted by molar-refractivity contribution is 6.31. The summed E-state index contributed by atoms with van der Waals surface area (Å²) in [6.45, 7) is 3.30. The first-order chi connectivity index (χ1) is 20.1. The molecule has 0 saturated carbocycles. The molecule has 0 radical (unpaired) electrons. The Balaban J connectivity index is 1.35. The van der Waals surface area contributed by atoms with E-state index in [-0.39, 0.29) is 18.8 Å². The van der Waals surface area contributed by atoms with E-state index in [0.717, 1.165) is 33.6 Å². The van der Waals surface area contributed by atoms with Crippen molar-refractivity contribution in [2.75, 3.05) is 13.2 Å². The lowest BCUT2D eigenvalue weighted by atomic mass is 9.92. The molecule has 0 aromatic heterocycles. The van der Waals surface area contributed by atoms with Crippen molar-refractivity contribution in [3.63, 3.8) is 0 Å². The molecule has 0 bridgehead atoms. The summed E-state index contributed by atoms with van der Waals surface area (Å²) >= 11 is 6.64. The van der Waals surface area contributed by atoms with Gasteiger partial charge in [0, 0.05) is 11.4 Å². The zero-order chi connectivity index (χ0) is 28.4. The van der Waals surface area contributed by atoms with Gasteiger partial charge in [0.2, 0.25) is 0 Å². The summed E-state index contributed by atoms with van der Waals surface area (Å²) in [5.41, 5.74) is 5.31. The van der Waals surface area contributed by atoms with Crippen LogP contribution in [0.1, 0.15) is 47.3 Å². The normalized spacial score (nSPS) is 20.6. The van der Waals surface area contributed by atoms with E-state index in [9.17, 15) is 5.11 Å². The highest BCUT2D eigenvalue weighted by Crippen LogP contribution is 2.37. The van der Waals surface area contributed by atoms with Crippen molar-refractivity contribution < 1.29 is 24.1 Å². The van der Waals surface area contributed by atoms with Crippen LogP contribution in [0.4, 0.5) is 0 Å². The van der Waals surface area contributed by atoms with Crippen molar-refractivity contribution in [3.05, 3.63) is 136 Å². The van der Waals surface area contributed by atoms with Crippen LogP contribution in [0.5, 0.6) is 5.75 Å². The number of aliphatic hydroxyl groups is 1. The lowest BCUT2D eigenvalue weighted by molar-refractivity contribution is -0.217. The van der Waals surface area contributed by atoms with Gasteiger partial charge in [-0.3, -0.25) is 0 Å². The molecular weight excluding hydrogens is 536 g/mol. The first-order valence-corrected chi connectivity index (χ1v) is 14.6. The van der Waals surface area contributed by atoms with E-state index in [2.05, 4.69) is 18.2 Å². The molecule has 0 spiro atoms. The fraction of sp³-hybridized carbons (Fsp3) is 0.314. The minimum absolute atomic E-state index is 0.173. The van der Waals surface area contributed by atoms with E-state index < -0.39 is 12.2 Å². The fourth-order valence-electron chi connectivity index (χ4n) is 5.23. The van der Waals surface area contributed by atoms with Gasteiger partial charge >= 0.3 is 0 Å². The lowest BCUT2D eigenvalue weighted by Gasteiger charge is -2.41. The highest BCUT2D eigenvalue weighted by atomic mass is 35.5. The number of benzene rings is 4. The van der Waals surface area contributed by atoms with Crippen molar-refractivity contribution in [2.45, 2.75) is 57.4 Å². The molecule has 1 saturated heterocycles. The van der Waals surface area contributed by atoms with Crippen LogP contribution in [0.3, 0.4) is 0 Å². The maximum absolute atomic E-state index is 10.4. The number of hydrogen-bond donors (Lipinski definition) is 1. The van der Waals surface area contributed by atoms with E-state index in [0.29, 0.717) is 37.7 Å². The number of halogens is 1. The van der Waals surface area contributed by atoms with Gasteiger partial charge in [-0.2, -0.15) is 0 Å². The van der Waals surface area contributed by atoms with Crippen molar-refractivity contribution in [3.8, 4) is 5.75 Å². The summed E-state index contributed by atoms with van der Waals surface area (Å²) < 4.78 is 24.9. The number of hydrogen-bond acceptors (Lipinski definition) is 5. The Morgan fingerprint density at radius 2 is 1.46 bits per heavy atom. The Kier molecular flexibility index (Phi) is 10.5. The standard InChI is InChI=1S/C35H37ClO5/c1-2-38-30-16-13-25(14-17-30)19-29-20-28(15-18-31(29)36)32-21-33(39-23-26-9-5-3-6-10-26)35(34(22-37)41-32)40-24-27-11-7-4-8-12-27/h3-18,20,32-35,37H,2,19,21-24H2,1H3/t32?,33?,34?,35-/m0/s1. The Hall–Kier alpha value is -3.19. The zero-order valence-electron chi connectivity index (χ0n) is 23.3. The Morgan fingerprint density at radius 1 is 0.805 bits per heavy atom. The first kappa shape index (κ1) is 29.3. The predicted octanol–water partition coefficient (Wildman–Crippen LogP) is 7.32. The molecule has 4 aromatic rings. The summed E-state index contributed by atoms with van der Waals surface area (Å²) in [5, 5.41) is 11.1. The summed E-state index contributed by atoms with van der Waals surface area (Å²) in [6, 6.07) is 34.3. The molecule has 0 aliphatic carbocycles. The zero-order valence-corrected chi connectivity index (χ0v) is 24.1. The summed E-state index contributed by atoms with van der Waals surface area (Å²) in [6.07, 6.45) is -0.237. The summed E-state index contributed by atoms with van der Waals surface area (Å²) in [7, 11) is 0. The van der Waals surface area contributed by atoms with Crippen LogP contribution < -0.4 is 4.74 Å². The van der Waals surface area contributed by atoms with Gasteiger partial charge < -0.3 is 24.1 Å². The molecule has 4 atom stereocenters. The van der Waals surface area contributed by atoms with E-state index in [4.69, 9.17) is 30.5 Å². The van der Waals surface area contributed by atoms with Gasteiger partial charge in [-0.1, -0.05) is 96.5 Å². The molecular formula is C35H37ClO5. The average molecular weight is 573 g/mol. The Bertz CT molecular complexity index is 1350. The number of ether oxygens (including phenoxy) is 4. The Morgan fingerprint density at radius 3 is 2.10 bits per heavy atom. The molecule has 1 fully saturated rings. The van der Waals surface area contributed by atoms with Gasteiger partial charge in [-0.25, -0.2) is 0 Å². The molecule has 3 unspecified atom stereocenters. The van der Waals surface area contributed by atoms with Gasteiger partial charge in [0.05, 0.1) is 38.6 Å². The molecule has 0 amide bonds. The summed E-state index contributed by atoms with van der Waals surface area (Å²) in [4.78, 5) is 0. The largest absolute Gasteiger partial charge is 0.494 e. The maximum atomic E-state index is 10.4. The van der Waals surface area contributed by atoms with Crippen LogP contribution in [0.2, 0.25) is 5.02 Å². The first-order valence-electron chi connectivity index (χ1n) is 14.2. The van der Waals surface area contributed by atoms with Gasteiger partial charge in [-0.15, -0.1) is 0 Å².